The zero-order valence-electron chi connectivity index (χ0n) is 13.7. The van der Waals surface area contributed by atoms with Gasteiger partial charge in [-0.3, -0.25) is 9.78 Å². The summed E-state index contributed by atoms with van der Waals surface area (Å²) in [5.41, 5.74) is 2.93. The van der Waals surface area contributed by atoms with Crippen molar-refractivity contribution >= 4 is 16.8 Å². The number of rotatable bonds is 6. The molecular formula is C20H20N2O2. The SMILES string of the molecule is COc1ccc(CCC(=O)NCc2ccc3ccccc3n2)cc1. The van der Waals surface area contributed by atoms with E-state index in [1.807, 2.05) is 60.7 Å². The molecule has 0 bridgehead atoms. The largest absolute Gasteiger partial charge is 0.497 e. The number of carbonyl (C=O) groups is 1. The maximum absolute atomic E-state index is 12.0. The van der Waals surface area contributed by atoms with Crippen molar-refractivity contribution in [3.05, 3.63) is 71.9 Å². The molecule has 0 aliphatic carbocycles. The number of nitrogens with one attached hydrogen (secondary N) is 1. The van der Waals surface area contributed by atoms with E-state index in [0.717, 1.165) is 27.9 Å². The molecule has 0 aliphatic heterocycles. The van der Waals surface area contributed by atoms with E-state index >= 15 is 0 Å². The van der Waals surface area contributed by atoms with Crippen LogP contribution in [0.5, 0.6) is 5.75 Å². The van der Waals surface area contributed by atoms with Gasteiger partial charge in [0.1, 0.15) is 5.75 Å². The van der Waals surface area contributed by atoms with Crippen LogP contribution in [0.2, 0.25) is 0 Å². The van der Waals surface area contributed by atoms with Gasteiger partial charge in [-0.25, -0.2) is 0 Å². The van der Waals surface area contributed by atoms with E-state index in [0.29, 0.717) is 19.4 Å². The number of para-hydroxylation sites is 1. The molecule has 1 heterocycles. The van der Waals surface area contributed by atoms with Crippen molar-refractivity contribution in [1.82, 2.24) is 10.3 Å². The van der Waals surface area contributed by atoms with E-state index in [1.54, 1.807) is 7.11 Å². The van der Waals surface area contributed by atoms with E-state index in [-0.39, 0.29) is 5.91 Å². The zero-order chi connectivity index (χ0) is 16.8. The van der Waals surface area contributed by atoms with Crippen molar-refractivity contribution in [1.29, 1.82) is 0 Å². The monoisotopic (exact) mass is 320 g/mol. The van der Waals surface area contributed by atoms with Crippen molar-refractivity contribution in [3.8, 4) is 5.75 Å². The lowest BCUT2D eigenvalue weighted by atomic mass is 10.1. The summed E-state index contributed by atoms with van der Waals surface area (Å²) in [6.45, 7) is 0.451. The van der Waals surface area contributed by atoms with Crippen LogP contribution in [0.25, 0.3) is 10.9 Å². The number of aryl methyl sites for hydroxylation is 1. The van der Waals surface area contributed by atoms with Crippen LogP contribution in [0.1, 0.15) is 17.7 Å². The van der Waals surface area contributed by atoms with Gasteiger partial charge in [-0.1, -0.05) is 36.4 Å². The second-order valence-electron chi connectivity index (χ2n) is 5.62. The number of carbonyl (C=O) groups excluding carboxylic acids is 1. The second-order valence-corrected chi connectivity index (χ2v) is 5.62. The predicted molar refractivity (Wildman–Crippen MR) is 94.9 cm³/mol. The Hall–Kier alpha value is -2.88. The molecule has 3 rings (SSSR count). The second kappa shape index (κ2) is 7.59. The highest BCUT2D eigenvalue weighted by atomic mass is 16.5. The van der Waals surface area contributed by atoms with Gasteiger partial charge < -0.3 is 10.1 Å². The molecular weight excluding hydrogens is 300 g/mol. The molecule has 3 aromatic rings. The number of fused-ring (bicyclic) bond motifs is 1. The minimum Gasteiger partial charge on any atom is -0.497 e. The van der Waals surface area contributed by atoms with Gasteiger partial charge in [-0.2, -0.15) is 0 Å². The molecule has 1 aromatic heterocycles. The molecule has 122 valence electrons. The average Bonchev–Trinajstić information content (AvgIpc) is 2.65. The molecule has 0 saturated carbocycles. The minimum atomic E-state index is 0.0285. The molecule has 4 nitrogen and oxygen atoms in total. The fourth-order valence-corrected chi connectivity index (χ4v) is 2.53. The number of hydrogen-bond donors (Lipinski definition) is 1. The molecule has 0 spiro atoms. The predicted octanol–water partition coefficient (Wildman–Crippen LogP) is 3.49. The third-order valence-electron chi connectivity index (χ3n) is 3.92. The first kappa shape index (κ1) is 16.0. The number of benzene rings is 2. The lowest BCUT2D eigenvalue weighted by molar-refractivity contribution is -0.121. The first-order chi connectivity index (χ1) is 11.7. The number of ether oxygens (including phenoxy) is 1. The third kappa shape index (κ3) is 4.10. The Kier molecular flexibility index (Phi) is 5.06. The van der Waals surface area contributed by atoms with Crippen LogP contribution < -0.4 is 10.1 Å². The summed E-state index contributed by atoms with van der Waals surface area (Å²) in [5, 5.41) is 4.03. The molecule has 0 unspecified atom stereocenters. The lowest BCUT2D eigenvalue weighted by Gasteiger charge is -2.07. The topological polar surface area (TPSA) is 51.2 Å². The summed E-state index contributed by atoms with van der Waals surface area (Å²) >= 11 is 0. The van der Waals surface area contributed by atoms with Gasteiger partial charge in [-0.15, -0.1) is 0 Å². The summed E-state index contributed by atoms with van der Waals surface area (Å²) in [4.78, 5) is 16.6. The third-order valence-corrected chi connectivity index (χ3v) is 3.92. The van der Waals surface area contributed by atoms with Crippen LogP contribution in [-0.2, 0) is 17.8 Å². The number of pyridine rings is 1. The molecule has 24 heavy (non-hydrogen) atoms. The number of nitrogens with zero attached hydrogens (tertiary/aromatic N) is 1. The van der Waals surface area contributed by atoms with E-state index in [9.17, 15) is 4.79 Å². The normalized spacial score (nSPS) is 10.5. The maximum atomic E-state index is 12.0. The van der Waals surface area contributed by atoms with Crippen molar-refractivity contribution in [2.24, 2.45) is 0 Å². The molecule has 0 fully saturated rings. The molecule has 0 aliphatic rings. The molecule has 4 heteroatoms. The van der Waals surface area contributed by atoms with Gasteiger partial charge in [0, 0.05) is 11.8 Å². The fraction of sp³-hybridized carbons (Fsp3) is 0.200. The van der Waals surface area contributed by atoms with Gasteiger partial charge in [-0.05, 0) is 36.2 Å². The van der Waals surface area contributed by atoms with Crippen LogP contribution in [0.3, 0.4) is 0 Å². The maximum Gasteiger partial charge on any atom is 0.220 e. The smallest absolute Gasteiger partial charge is 0.220 e. The Morgan fingerprint density at radius 1 is 1.04 bits per heavy atom. The molecule has 0 radical (unpaired) electrons. The molecule has 2 aromatic carbocycles. The number of hydrogen-bond acceptors (Lipinski definition) is 3. The molecule has 1 amide bonds. The van der Waals surface area contributed by atoms with Gasteiger partial charge in [0.2, 0.25) is 5.91 Å². The number of methoxy groups -OCH3 is 1. The Morgan fingerprint density at radius 2 is 1.83 bits per heavy atom. The Balaban J connectivity index is 1.50. The first-order valence-electron chi connectivity index (χ1n) is 7.99. The van der Waals surface area contributed by atoms with Gasteiger partial charge in [0.15, 0.2) is 0 Å². The van der Waals surface area contributed by atoms with Crippen LogP contribution in [0, 0.1) is 0 Å². The molecule has 0 atom stereocenters. The summed E-state index contributed by atoms with van der Waals surface area (Å²) in [6.07, 6.45) is 1.17. The quantitative estimate of drug-likeness (QED) is 0.756. The van der Waals surface area contributed by atoms with Crippen LogP contribution in [-0.4, -0.2) is 18.0 Å². The summed E-state index contributed by atoms with van der Waals surface area (Å²) in [7, 11) is 1.64. The molecule has 0 saturated heterocycles. The van der Waals surface area contributed by atoms with Crippen LogP contribution >= 0.6 is 0 Å². The summed E-state index contributed by atoms with van der Waals surface area (Å²) in [5.74, 6) is 0.853. The highest BCUT2D eigenvalue weighted by molar-refractivity contribution is 5.79. The Bertz CT molecular complexity index is 828. The van der Waals surface area contributed by atoms with E-state index in [4.69, 9.17) is 4.74 Å². The molecule has 1 N–H and O–H groups in total. The Labute approximate surface area is 141 Å². The van der Waals surface area contributed by atoms with Gasteiger partial charge in [0.05, 0.1) is 24.9 Å². The Morgan fingerprint density at radius 3 is 2.62 bits per heavy atom. The zero-order valence-corrected chi connectivity index (χ0v) is 13.7. The van der Waals surface area contributed by atoms with Crippen LogP contribution in [0.15, 0.2) is 60.7 Å². The summed E-state index contributed by atoms with van der Waals surface area (Å²) < 4.78 is 5.13. The average molecular weight is 320 g/mol. The highest BCUT2D eigenvalue weighted by Gasteiger charge is 2.04. The van der Waals surface area contributed by atoms with Gasteiger partial charge >= 0.3 is 0 Å². The van der Waals surface area contributed by atoms with Crippen molar-refractivity contribution < 1.29 is 9.53 Å². The van der Waals surface area contributed by atoms with E-state index in [2.05, 4.69) is 10.3 Å². The van der Waals surface area contributed by atoms with Crippen LogP contribution in [0.4, 0.5) is 0 Å². The minimum absolute atomic E-state index is 0.0285. The van der Waals surface area contributed by atoms with Crippen molar-refractivity contribution in [2.75, 3.05) is 7.11 Å². The van der Waals surface area contributed by atoms with Gasteiger partial charge in [0.25, 0.3) is 0 Å². The number of aromatic nitrogens is 1. The highest BCUT2D eigenvalue weighted by Crippen LogP contribution is 2.13. The van der Waals surface area contributed by atoms with E-state index < -0.39 is 0 Å². The van der Waals surface area contributed by atoms with Crippen molar-refractivity contribution in [3.63, 3.8) is 0 Å². The standard InChI is InChI=1S/C20H20N2O2/c1-24-18-11-6-15(7-12-18)8-13-20(23)21-14-17-10-9-16-4-2-3-5-19(16)22-17/h2-7,9-12H,8,13-14H2,1H3,(H,21,23). The van der Waals surface area contributed by atoms with E-state index in [1.165, 1.54) is 0 Å². The lowest BCUT2D eigenvalue weighted by Crippen LogP contribution is -2.23. The number of amides is 1. The summed E-state index contributed by atoms with van der Waals surface area (Å²) in [6, 6.07) is 19.7. The van der Waals surface area contributed by atoms with Crippen molar-refractivity contribution in [2.45, 2.75) is 19.4 Å². The fourth-order valence-electron chi connectivity index (χ4n) is 2.53. The first-order valence-corrected chi connectivity index (χ1v) is 7.99.